The zero-order chi connectivity index (χ0) is 62.6. The molecule has 0 spiro atoms. The molecule has 2 aromatic carbocycles. The first-order chi connectivity index (χ1) is 44.0. The van der Waals surface area contributed by atoms with E-state index in [2.05, 4.69) is 65.7 Å². The summed E-state index contributed by atoms with van der Waals surface area (Å²) in [5.41, 5.74) is 6.24. The minimum absolute atomic E-state index is 0.00827. The van der Waals surface area contributed by atoms with Crippen molar-refractivity contribution >= 4 is 38.9 Å². The van der Waals surface area contributed by atoms with Gasteiger partial charge >= 0.3 is 0 Å². The standard InChI is InChI=1S/C72H103ClN6O10S/c1-52(63-23-24-64-61-22-17-56-48-60(80)25-28-71(56,2)65(61)26-29-72(63,64)3)12-7-5-6-10-32-82-34-36-84-38-39-86-42-43-88-51-58-50-78(77-76-58)31-33-83-35-37-85-40-41-87-44-45-89-67-47-55(27-30-75-67)54-14-11-13-53(46-54)49-79(59-20-18-57(74-4)19-21-59)70(81)69-68(73)62-15-8-9-16-66(62)90-69/h8-9,11,13-17,27,30,46-47,50,52,57,59-61,63-65,74,80H,5-7,10,12,18-26,28-29,31-45,48-49,51H2,1-4H3/t52-,57?,59?,60+,61+,63?,64+,65+,71+,72-/m1/s1. The lowest BCUT2D eigenvalue weighted by Crippen LogP contribution is -2.50. The van der Waals surface area contributed by atoms with Crippen molar-refractivity contribution in [2.75, 3.05) is 99.5 Å². The van der Waals surface area contributed by atoms with Gasteiger partial charge in [0.25, 0.3) is 5.91 Å². The number of allylic oxidation sites excluding steroid dienone is 1. The Bertz CT molecular complexity index is 3010. The van der Waals surface area contributed by atoms with Gasteiger partial charge in [0.2, 0.25) is 5.88 Å². The van der Waals surface area contributed by atoms with Crippen LogP contribution >= 0.6 is 22.9 Å². The number of aliphatic hydroxyl groups excluding tert-OH is 1. The molecule has 90 heavy (non-hydrogen) atoms. The van der Waals surface area contributed by atoms with E-state index in [0.717, 1.165) is 114 Å². The van der Waals surface area contributed by atoms with Crippen molar-refractivity contribution in [3.05, 3.63) is 106 Å². The molecule has 3 aromatic heterocycles. The first-order valence-electron chi connectivity index (χ1n) is 34.1. The number of rotatable bonds is 38. The number of nitrogens with zero attached hydrogens (tertiary/aromatic N) is 5. The summed E-state index contributed by atoms with van der Waals surface area (Å²) in [6.07, 6.45) is 26.3. The Labute approximate surface area is 544 Å². The van der Waals surface area contributed by atoms with Crippen molar-refractivity contribution in [3.63, 3.8) is 0 Å². The number of hydrogen-bond donors (Lipinski definition) is 2. The fraction of sp³-hybridized carbons (Fsp3) is 0.667. The second-order valence-corrected chi connectivity index (χ2v) is 28.1. The summed E-state index contributed by atoms with van der Waals surface area (Å²) >= 11 is 8.35. The number of aromatic nitrogens is 4. The minimum Gasteiger partial charge on any atom is -0.475 e. The first-order valence-corrected chi connectivity index (χ1v) is 35.3. The largest absolute Gasteiger partial charge is 0.475 e. The molecule has 2 N–H and O–H groups in total. The molecule has 0 bridgehead atoms. The van der Waals surface area contributed by atoms with Crippen molar-refractivity contribution in [1.29, 1.82) is 0 Å². The lowest BCUT2D eigenvalue weighted by molar-refractivity contribution is -0.0572. The van der Waals surface area contributed by atoms with Crippen molar-refractivity contribution in [1.82, 2.24) is 30.2 Å². The molecule has 0 aliphatic heterocycles. The number of carbonyl (C=O) groups excluding carboxylic acids is 1. The maximum absolute atomic E-state index is 14.4. The SMILES string of the molecule is CNC1CCC(N(Cc2cccc(-c3ccnc(OCCOCCOCCOCCn4cc(COCCOCCOCCOCCCCCC[C@@H](C)C5CC[C@H]6[C@@H]7CC=C8C[C@@H](O)CC[C@]8(C)[C@H]7CC[C@]56C)nn4)c3)c2)C(=O)c2sc3ccccc3c2Cl)CC1. The molecule has 5 aliphatic carbocycles. The van der Waals surface area contributed by atoms with E-state index in [-0.39, 0.29) is 18.1 Å². The van der Waals surface area contributed by atoms with Crippen LogP contribution in [0.15, 0.2) is 84.7 Å². The Morgan fingerprint density at radius 3 is 2.21 bits per heavy atom. The number of hydrogen-bond acceptors (Lipinski definition) is 15. The van der Waals surface area contributed by atoms with Crippen LogP contribution in [0.3, 0.4) is 0 Å². The summed E-state index contributed by atoms with van der Waals surface area (Å²) in [7, 11) is 2.02. The lowest BCUT2D eigenvalue weighted by atomic mass is 9.47. The number of unbranched alkanes of at least 4 members (excludes halogenated alkanes) is 3. The maximum Gasteiger partial charge on any atom is 0.266 e. The van der Waals surface area contributed by atoms with E-state index in [1.54, 1.807) is 16.5 Å². The summed E-state index contributed by atoms with van der Waals surface area (Å²) < 4.78 is 49.0. The van der Waals surface area contributed by atoms with E-state index < -0.39 is 0 Å². The number of nitrogens with one attached hydrogen (secondary N) is 1. The van der Waals surface area contributed by atoms with E-state index in [1.807, 2.05) is 60.6 Å². The van der Waals surface area contributed by atoms with Crippen LogP contribution in [-0.4, -0.2) is 154 Å². The van der Waals surface area contributed by atoms with Gasteiger partial charge in [-0.25, -0.2) is 9.67 Å². The van der Waals surface area contributed by atoms with Gasteiger partial charge in [-0.05, 0) is 166 Å². The van der Waals surface area contributed by atoms with Gasteiger partial charge in [0, 0.05) is 47.6 Å². The minimum atomic E-state index is -0.118. The summed E-state index contributed by atoms with van der Waals surface area (Å²) in [5.74, 6) is 4.74. The molecule has 8 atom stereocenters. The average Bonchev–Trinajstić information content (AvgIpc) is 1.39. The number of halogens is 1. The molecule has 494 valence electrons. The summed E-state index contributed by atoms with van der Waals surface area (Å²) in [4.78, 5) is 21.5. The summed E-state index contributed by atoms with van der Waals surface area (Å²) in [5, 5.41) is 23.7. The number of pyridine rings is 1. The zero-order valence-corrected chi connectivity index (χ0v) is 55.9. The molecule has 18 heteroatoms. The van der Waals surface area contributed by atoms with E-state index >= 15 is 0 Å². The van der Waals surface area contributed by atoms with E-state index in [1.165, 1.54) is 75.5 Å². The number of benzene rings is 2. The van der Waals surface area contributed by atoms with Gasteiger partial charge in [0.1, 0.15) is 17.2 Å². The summed E-state index contributed by atoms with van der Waals surface area (Å²) in [6, 6.07) is 20.8. The van der Waals surface area contributed by atoms with E-state index in [4.69, 9.17) is 49.5 Å². The fourth-order valence-electron chi connectivity index (χ4n) is 16.1. The monoisotopic (exact) mass is 1280 g/mol. The molecule has 5 aliphatic rings. The van der Waals surface area contributed by atoms with Gasteiger partial charge in [0.05, 0.1) is 110 Å². The van der Waals surface area contributed by atoms with Gasteiger partial charge in [-0.1, -0.05) is 111 Å². The van der Waals surface area contributed by atoms with Gasteiger partial charge in [-0.15, -0.1) is 16.4 Å². The Hall–Kier alpha value is -4.37. The molecule has 10 rings (SSSR count). The van der Waals surface area contributed by atoms with Gasteiger partial charge < -0.3 is 53.2 Å². The fourth-order valence-corrected chi connectivity index (χ4v) is 17.6. The molecule has 16 nitrogen and oxygen atoms in total. The molecule has 4 fully saturated rings. The topological polar surface area (TPSA) is 170 Å². The predicted molar refractivity (Wildman–Crippen MR) is 355 cm³/mol. The van der Waals surface area contributed by atoms with Crippen molar-refractivity contribution in [3.8, 4) is 17.0 Å². The highest BCUT2D eigenvalue weighted by atomic mass is 35.5. The number of amides is 1. The Balaban J connectivity index is 0.494. The van der Waals surface area contributed by atoms with Crippen LogP contribution < -0.4 is 10.1 Å². The van der Waals surface area contributed by atoms with Crippen LogP contribution in [0.4, 0.5) is 0 Å². The number of aliphatic hydroxyl groups is 1. The molecule has 1 amide bonds. The van der Waals surface area contributed by atoms with Crippen LogP contribution in [-0.2, 0) is 52.9 Å². The molecule has 4 saturated carbocycles. The smallest absolute Gasteiger partial charge is 0.266 e. The van der Waals surface area contributed by atoms with Crippen molar-refractivity contribution < 1.29 is 47.8 Å². The second-order valence-electron chi connectivity index (χ2n) is 26.7. The predicted octanol–water partition coefficient (Wildman–Crippen LogP) is 13.6. The third-order valence-electron chi connectivity index (χ3n) is 21.1. The van der Waals surface area contributed by atoms with Gasteiger partial charge in [-0.2, -0.15) is 0 Å². The molecule has 3 heterocycles. The zero-order valence-electron chi connectivity index (χ0n) is 54.3. The molecule has 0 saturated heterocycles. The second kappa shape index (κ2) is 34.7. The molecular formula is C72H103ClN6O10S. The third kappa shape index (κ3) is 18.3. The van der Waals surface area contributed by atoms with Gasteiger partial charge in [0.15, 0.2) is 0 Å². The molecule has 0 radical (unpaired) electrons. The number of fused-ring (bicyclic) bond motifs is 6. The maximum atomic E-state index is 14.4. The molecule has 1 unspecified atom stereocenters. The summed E-state index contributed by atoms with van der Waals surface area (Å²) in [6.45, 7) is 16.3. The Morgan fingerprint density at radius 1 is 0.756 bits per heavy atom. The number of thiophene rings is 1. The van der Waals surface area contributed by atoms with E-state index in [0.29, 0.717) is 138 Å². The Kier molecular flexibility index (Phi) is 26.4. The van der Waals surface area contributed by atoms with Gasteiger partial charge in [-0.3, -0.25) is 4.79 Å². The quantitative estimate of drug-likeness (QED) is 0.0283. The van der Waals surface area contributed by atoms with Crippen molar-refractivity contribution in [2.45, 2.75) is 168 Å². The van der Waals surface area contributed by atoms with Crippen LogP contribution in [0.25, 0.3) is 21.2 Å². The average molecular weight is 1280 g/mol. The number of ether oxygens (including phenoxy) is 8. The highest BCUT2D eigenvalue weighted by Gasteiger charge is 2.59. The first kappa shape index (κ1) is 68.5. The normalized spacial score (nSPS) is 25.2. The van der Waals surface area contributed by atoms with Crippen LogP contribution in [0.1, 0.15) is 151 Å². The highest BCUT2D eigenvalue weighted by Crippen LogP contribution is 2.67. The Morgan fingerprint density at radius 2 is 1.46 bits per heavy atom. The third-order valence-corrected chi connectivity index (χ3v) is 22.7. The molecular weight excluding hydrogens is 1180 g/mol. The van der Waals surface area contributed by atoms with Crippen molar-refractivity contribution in [2.24, 2.45) is 40.4 Å². The van der Waals surface area contributed by atoms with Crippen LogP contribution in [0.5, 0.6) is 5.88 Å². The number of carbonyl (C=O) groups is 1. The lowest BCUT2D eigenvalue weighted by Gasteiger charge is -2.58. The van der Waals surface area contributed by atoms with Crippen LogP contribution in [0.2, 0.25) is 5.02 Å². The molecule has 5 aromatic rings. The van der Waals surface area contributed by atoms with Crippen LogP contribution in [0, 0.1) is 40.4 Å². The van der Waals surface area contributed by atoms with E-state index in [9.17, 15) is 9.90 Å². The highest BCUT2D eigenvalue weighted by molar-refractivity contribution is 7.21.